The van der Waals surface area contributed by atoms with Crippen molar-refractivity contribution < 1.29 is 9.59 Å². The SMILES string of the molecule is O=C1NC(=O)/C(=C\c2ccccc2)C2=C1CCC2. The Morgan fingerprint density at radius 3 is 2.44 bits per heavy atom. The summed E-state index contributed by atoms with van der Waals surface area (Å²) in [5.41, 5.74) is 3.36. The van der Waals surface area contributed by atoms with Crippen molar-refractivity contribution >= 4 is 17.9 Å². The summed E-state index contributed by atoms with van der Waals surface area (Å²) in [7, 11) is 0. The number of carbonyl (C=O) groups is 2. The molecule has 1 heterocycles. The third-order valence-electron chi connectivity index (χ3n) is 3.40. The maximum atomic E-state index is 11.9. The lowest BCUT2D eigenvalue weighted by Crippen LogP contribution is -2.37. The Morgan fingerprint density at radius 2 is 1.67 bits per heavy atom. The smallest absolute Gasteiger partial charge is 0.258 e. The van der Waals surface area contributed by atoms with E-state index in [1.54, 1.807) is 0 Å². The number of benzene rings is 1. The molecule has 0 spiro atoms. The van der Waals surface area contributed by atoms with Gasteiger partial charge in [0.15, 0.2) is 0 Å². The fourth-order valence-corrected chi connectivity index (χ4v) is 2.54. The van der Waals surface area contributed by atoms with E-state index in [0.717, 1.165) is 36.0 Å². The number of amides is 2. The average Bonchev–Trinajstić information content (AvgIpc) is 2.85. The first-order chi connectivity index (χ1) is 8.75. The van der Waals surface area contributed by atoms with Crippen LogP contribution in [0.1, 0.15) is 24.8 Å². The fourth-order valence-electron chi connectivity index (χ4n) is 2.54. The monoisotopic (exact) mass is 239 g/mol. The van der Waals surface area contributed by atoms with Gasteiger partial charge >= 0.3 is 0 Å². The summed E-state index contributed by atoms with van der Waals surface area (Å²) < 4.78 is 0. The standard InChI is InChI=1S/C15H13NO2/c17-14-12-8-4-7-11(12)13(15(18)16-14)9-10-5-2-1-3-6-10/h1-3,5-6,9H,4,7-8H2,(H,16,17,18)/b13-9-. The van der Waals surface area contributed by atoms with Gasteiger partial charge in [-0.3, -0.25) is 14.9 Å². The largest absolute Gasteiger partial charge is 0.288 e. The lowest BCUT2D eigenvalue weighted by atomic mass is 9.95. The summed E-state index contributed by atoms with van der Waals surface area (Å²) in [6.45, 7) is 0. The van der Waals surface area contributed by atoms with Crippen LogP contribution in [-0.4, -0.2) is 11.8 Å². The highest BCUT2D eigenvalue weighted by Gasteiger charge is 2.32. The van der Waals surface area contributed by atoms with E-state index >= 15 is 0 Å². The Hall–Kier alpha value is -2.16. The molecule has 1 aromatic rings. The first-order valence-electron chi connectivity index (χ1n) is 6.10. The number of hydrogen-bond acceptors (Lipinski definition) is 2. The topological polar surface area (TPSA) is 46.2 Å². The Bertz CT molecular complexity index is 582. The summed E-state index contributed by atoms with van der Waals surface area (Å²) in [4.78, 5) is 23.6. The van der Waals surface area contributed by atoms with Gasteiger partial charge in [0.2, 0.25) is 0 Å². The molecule has 0 radical (unpaired) electrons. The third-order valence-corrected chi connectivity index (χ3v) is 3.40. The van der Waals surface area contributed by atoms with E-state index in [0.29, 0.717) is 5.57 Å². The Balaban J connectivity index is 2.08. The van der Waals surface area contributed by atoms with E-state index in [2.05, 4.69) is 5.32 Å². The van der Waals surface area contributed by atoms with Crippen molar-refractivity contribution in [2.45, 2.75) is 19.3 Å². The molecule has 90 valence electrons. The zero-order valence-electron chi connectivity index (χ0n) is 9.90. The van der Waals surface area contributed by atoms with Crippen molar-refractivity contribution in [1.82, 2.24) is 5.32 Å². The molecule has 3 rings (SSSR count). The molecule has 0 fully saturated rings. The molecule has 0 atom stereocenters. The third kappa shape index (κ3) is 1.78. The van der Waals surface area contributed by atoms with Gasteiger partial charge in [-0.1, -0.05) is 30.3 Å². The van der Waals surface area contributed by atoms with Crippen LogP contribution < -0.4 is 5.32 Å². The van der Waals surface area contributed by atoms with Crippen LogP contribution >= 0.6 is 0 Å². The predicted molar refractivity (Wildman–Crippen MR) is 68.4 cm³/mol. The predicted octanol–water partition coefficient (Wildman–Crippen LogP) is 2.21. The van der Waals surface area contributed by atoms with Gasteiger partial charge in [-0.25, -0.2) is 0 Å². The van der Waals surface area contributed by atoms with Crippen LogP contribution in [0.3, 0.4) is 0 Å². The fraction of sp³-hybridized carbons (Fsp3) is 0.200. The van der Waals surface area contributed by atoms with Crippen molar-refractivity contribution in [3.63, 3.8) is 0 Å². The van der Waals surface area contributed by atoms with Crippen LogP contribution in [0.15, 0.2) is 47.1 Å². The van der Waals surface area contributed by atoms with Gasteiger partial charge in [0.05, 0.1) is 0 Å². The Labute approximate surface area is 105 Å². The van der Waals surface area contributed by atoms with Crippen LogP contribution in [-0.2, 0) is 9.59 Å². The zero-order chi connectivity index (χ0) is 12.5. The number of hydrogen-bond donors (Lipinski definition) is 1. The van der Waals surface area contributed by atoms with Crippen molar-refractivity contribution in [2.75, 3.05) is 0 Å². The molecule has 2 aliphatic rings. The lowest BCUT2D eigenvalue weighted by molar-refractivity contribution is -0.126. The minimum absolute atomic E-state index is 0.210. The average molecular weight is 239 g/mol. The van der Waals surface area contributed by atoms with E-state index in [9.17, 15) is 9.59 Å². The summed E-state index contributed by atoms with van der Waals surface area (Å²) in [6, 6.07) is 9.70. The number of rotatable bonds is 1. The molecule has 0 bridgehead atoms. The van der Waals surface area contributed by atoms with Crippen molar-refractivity contribution in [2.24, 2.45) is 0 Å². The molecule has 1 N–H and O–H groups in total. The molecule has 18 heavy (non-hydrogen) atoms. The van der Waals surface area contributed by atoms with Crippen LogP contribution in [0.5, 0.6) is 0 Å². The van der Waals surface area contributed by atoms with Crippen molar-refractivity contribution in [3.05, 3.63) is 52.6 Å². The second-order valence-corrected chi connectivity index (χ2v) is 4.56. The Kier molecular flexibility index (Phi) is 2.59. The highest BCUT2D eigenvalue weighted by Crippen LogP contribution is 2.34. The Morgan fingerprint density at radius 1 is 0.944 bits per heavy atom. The number of nitrogens with one attached hydrogen (secondary N) is 1. The van der Waals surface area contributed by atoms with Gasteiger partial charge in [0.25, 0.3) is 11.8 Å². The second kappa shape index (κ2) is 4.26. The van der Waals surface area contributed by atoms with Gasteiger partial charge in [-0.15, -0.1) is 0 Å². The van der Waals surface area contributed by atoms with E-state index in [1.807, 2.05) is 36.4 Å². The van der Waals surface area contributed by atoms with Gasteiger partial charge < -0.3 is 0 Å². The first-order valence-corrected chi connectivity index (χ1v) is 6.10. The molecule has 0 saturated carbocycles. The zero-order valence-corrected chi connectivity index (χ0v) is 9.90. The number of carbonyl (C=O) groups excluding carboxylic acids is 2. The first kappa shape index (κ1) is 11.0. The van der Waals surface area contributed by atoms with Crippen LogP contribution in [0.25, 0.3) is 6.08 Å². The molecule has 0 saturated heterocycles. The molecular weight excluding hydrogens is 226 g/mol. The molecule has 0 unspecified atom stereocenters. The molecule has 1 aliphatic carbocycles. The highest BCUT2D eigenvalue weighted by atomic mass is 16.2. The minimum atomic E-state index is -0.274. The van der Waals surface area contributed by atoms with E-state index in [4.69, 9.17) is 0 Å². The highest BCUT2D eigenvalue weighted by molar-refractivity contribution is 6.18. The van der Waals surface area contributed by atoms with E-state index in [1.165, 1.54) is 0 Å². The molecule has 1 aromatic carbocycles. The summed E-state index contributed by atoms with van der Waals surface area (Å²) in [5.74, 6) is -0.484. The maximum Gasteiger partial charge on any atom is 0.258 e. The quantitative estimate of drug-likeness (QED) is 0.603. The van der Waals surface area contributed by atoms with Crippen molar-refractivity contribution in [3.8, 4) is 0 Å². The minimum Gasteiger partial charge on any atom is -0.288 e. The molecule has 1 aliphatic heterocycles. The molecule has 0 aromatic heterocycles. The molecular formula is C15H13NO2. The van der Waals surface area contributed by atoms with Crippen LogP contribution in [0.4, 0.5) is 0 Å². The van der Waals surface area contributed by atoms with Crippen LogP contribution in [0.2, 0.25) is 0 Å². The normalized spacial score (nSPS) is 21.2. The molecule has 2 amide bonds. The molecule has 3 nitrogen and oxygen atoms in total. The van der Waals surface area contributed by atoms with Crippen molar-refractivity contribution in [1.29, 1.82) is 0 Å². The maximum absolute atomic E-state index is 11.9. The number of imide groups is 1. The molecule has 3 heteroatoms. The summed E-state index contributed by atoms with van der Waals surface area (Å²) in [5, 5.41) is 2.42. The van der Waals surface area contributed by atoms with Gasteiger partial charge in [-0.05, 0) is 36.5 Å². The van der Waals surface area contributed by atoms with E-state index in [-0.39, 0.29) is 11.8 Å². The van der Waals surface area contributed by atoms with Gasteiger partial charge in [0, 0.05) is 11.1 Å². The van der Waals surface area contributed by atoms with Gasteiger partial charge in [-0.2, -0.15) is 0 Å². The summed E-state index contributed by atoms with van der Waals surface area (Å²) in [6.07, 6.45) is 4.42. The lowest BCUT2D eigenvalue weighted by Gasteiger charge is -2.17. The van der Waals surface area contributed by atoms with E-state index < -0.39 is 0 Å². The second-order valence-electron chi connectivity index (χ2n) is 4.56. The van der Waals surface area contributed by atoms with Gasteiger partial charge in [0.1, 0.15) is 0 Å². The van der Waals surface area contributed by atoms with Crippen LogP contribution in [0, 0.1) is 0 Å². The summed E-state index contributed by atoms with van der Waals surface area (Å²) >= 11 is 0.